The van der Waals surface area contributed by atoms with E-state index < -0.39 is 4.92 Å². The number of nitro groups is 1. The SMILES string of the molecule is CC(=O)c1cc(Sc2nnc(C)n2C)ccc1[N+](=O)[O-]. The molecule has 0 bridgehead atoms. The van der Waals surface area contributed by atoms with E-state index in [1.165, 1.54) is 30.8 Å². The number of aromatic nitrogens is 3. The van der Waals surface area contributed by atoms with Crippen molar-refractivity contribution in [3.63, 3.8) is 0 Å². The second kappa shape index (κ2) is 5.41. The van der Waals surface area contributed by atoms with E-state index in [4.69, 9.17) is 0 Å². The monoisotopic (exact) mass is 292 g/mol. The predicted octanol–water partition coefficient (Wildman–Crippen LogP) is 2.39. The minimum atomic E-state index is -0.558. The van der Waals surface area contributed by atoms with Crippen molar-refractivity contribution in [2.45, 2.75) is 23.9 Å². The fourth-order valence-electron chi connectivity index (χ4n) is 1.60. The van der Waals surface area contributed by atoms with Crippen LogP contribution in [0.5, 0.6) is 0 Å². The number of benzene rings is 1. The van der Waals surface area contributed by atoms with Gasteiger partial charge in [-0.15, -0.1) is 10.2 Å². The van der Waals surface area contributed by atoms with Crippen LogP contribution < -0.4 is 0 Å². The zero-order valence-electron chi connectivity index (χ0n) is 11.2. The molecule has 0 unspecified atom stereocenters. The van der Waals surface area contributed by atoms with Crippen molar-refractivity contribution in [3.05, 3.63) is 39.7 Å². The standard InChI is InChI=1S/C12H12N4O3S/c1-7(17)10-6-9(4-5-11(10)16(18)19)20-12-14-13-8(2)15(12)3/h4-6H,1-3H3. The van der Waals surface area contributed by atoms with Crippen LogP contribution in [0.25, 0.3) is 0 Å². The first-order valence-corrected chi connectivity index (χ1v) is 6.55. The van der Waals surface area contributed by atoms with Gasteiger partial charge in [0.15, 0.2) is 10.9 Å². The summed E-state index contributed by atoms with van der Waals surface area (Å²) in [6.45, 7) is 3.14. The molecule has 0 aliphatic heterocycles. The number of Topliss-reactive ketones (excluding diaryl/α,β-unsaturated/α-hetero) is 1. The average Bonchev–Trinajstić information content (AvgIpc) is 2.70. The van der Waals surface area contributed by atoms with Crippen molar-refractivity contribution < 1.29 is 9.72 Å². The molecule has 8 heteroatoms. The lowest BCUT2D eigenvalue weighted by molar-refractivity contribution is -0.385. The number of rotatable bonds is 4. The van der Waals surface area contributed by atoms with E-state index in [0.29, 0.717) is 10.1 Å². The maximum absolute atomic E-state index is 11.5. The largest absolute Gasteiger partial charge is 0.309 e. The van der Waals surface area contributed by atoms with Crippen LogP contribution in [-0.4, -0.2) is 25.5 Å². The van der Waals surface area contributed by atoms with Crippen LogP contribution in [0.3, 0.4) is 0 Å². The van der Waals surface area contributed by atoms with Crippen LogP contribution in [0.1, 0.15) is 23.1 Å². The van der Waals surface area contributed by atoms with Crippen molar-refractivity contribution >= 4 is 23.2 Å². The lowest BCUT2D eigenvalue weighted by Gasteiger charge is -2.04. The molecule has 0 radical (unpaired) electrons. The van der Waals surface area contributed by atoms with E-state index in [1.807, 2.05) is 14.0 Å². The van der Waals surface area contributed by atoms with Crippen molar-refractivity contribution in [2.24, 2.45) is 7.05 Å². The lowest BCUT2D eigenvalue weighted by Crippen LogP contribution is -2.00. The van der Waals surface area contributed by atoms with Gasteiger partial charge in [-0.25, -0.2) is 0 Å². The minimum Gasteiger partial charge on any atom is -0.309 e. The molecule has 1 aromatic carbocycles. The Labute approximate surface area is 119 Å². The van der Waals surface area contributed by atoms with Crippen LogP contribution in [0.4, 0.5) is 5.69 Å². The summed E-state index contributed by atoms with van der Waals surface area (Å²) in [5, 5.41) is 19.5. The molecule has 0 N–H and O–H groups in total. The van der Waals surface area contributed by atoms with Gasteiger partial charge in [0.25, 0.3) is 5.69 Å². The molecular weight excluding hydrogens is 280 g/mol. The van der Waals surface area contributed by atoms with E-state index in [2.05, 4.69) is 10.2 Å². The number of hydrogen-bond acceptors (Lipinski definition) is 6. The normalized spacial score (nSPS) is 10.6. The van der Waals surface area contributed by atoms with Gasteiger partial charge in [0, 0.05) is 18.0 Å². The molecule has 20 heavy (non-hydrogen) atoms. The Kier molecular flexibility index (Phi) is 3.84. The fraction of sp³-hybridized carbons (Fsp3) is 0.250. The second-order valence-electron chi connectivity index (χ2n) is 4.18. The highest BCUT2D eigenvalue weighted by Crippen LogP contribution is 2.30. The van der Waals surface area contributed by atoms with Crippen LogP contribution in [0, 0.1) is 17.0 Å². The van der Waals surface area contributed by atoms with Gasteiger partial charge in [-0.3, -0.25) is 14.9 Å². The molecule has 0 saturated heterocycles. The van der Waals surface area contributed by atoms with Gasteiger partial charge in [-0.2, -0.15) is 0 Å². The molecule has 0 amide bonds. The summed E-state index contributed by atoms with van der Waals surface area (Å²) in [6.07, 6.45) is 0. The molecule has 0 atom stereocenters. The molecule has 0 spiro atoms. The summed E-state index contributed by atoms with van der Waals surface area (Å²) in [5.74, 6) is 0.425. The smallest absolute Gasteiger partial charge is 0.280 e. The summed E-state index contributed by atoms with van der Waals surface area (Å²) in [4.78, 5) is 22.5. The third kappa shape index (κ3) is 2.69. The molecule has 2 rings (SSSR count). The summed E-state index contributed by atoms with van der Waals surface area (Å²) in [5.41, 5.74) is -0.0881. The highest BCUT2D eigenvalue weighted by Gasteiger charge is 2.18. The molecule has 1 heterocycles. The molecule has 104 valence electrons. The van der Waals surface area contributed by atoms with Crippen molar-refractivity contribution in [1.29, 1.82) is 0 Å². The fourth-order valence-corrected chi connectivity index (χ4v) is 2.48. The van der Waals surface area contributed by atoms with Crippen LogP contribution >= 0.6 is 11.8 Å². The third-order valence-corrected chi connectivity index (χ3v) is 3.83. The Morgan fingerprint density at radius 1 is 1.40 bits per heavy atom. The van der Waals surface area contributed by atoms with Crippen molar-refractivity contribution in [2.75, 3.05) is 0 Å². The Morgan fingerprint density at radius 2 is 2.10 bits per heavy atom. The molecule has 1 aromatic heterocycles. The first-order chi connectivity index (χ1) is 9.40. The summed E-state index contributed by atoms with van der Waals surface area (Å²) >= 11 is 1.30. The zero-order valence-corrected chi connectivity index (χ0v) is 12.0. The lowest BCUT2D eigenvalue weighted by atomic mass is 10.1. The minimum absolute atomic E-state index is 0.0962. The second-order valence-corrected chi connectivity index (χ2v) is 5.22. The summed E-state index contributed by atoms with van der Waals surface area (Å²) in [7, 11) is 1.83. The molecule has 2 aromatic rings. The topological polar surface area (TPSA) is 90.9 Å². The Hall–Kier alpha value is -2.22. The van der Waals surface area contributed by atoms with Crippen molar-refractivity contribution in [1.82, 2.24) is 14.8 Å². The Balaban J connectivity index is 2.39. The molecular formula is C12H12N4O3S. The number of nitro benzene ring substituents is 1. The van der Waals surface area contributed by atoms with Gasteiger partial charge >= 0.3 is 0 Å². The average molecular weight is 292 g/mol. The van der Waals surface area contributed by atoms with Gasteiger partial charge in [-0.1, -0.05) is 0 Å². The number of aryl methyl sites for hydroxylation is 1. The van der Waals surface area contributed by atoms with E-state index in [0.717, 1.165) is 5.82 Å². The van der Waals surface area contributed by atoms with Gasteiger partial charge < -0.3 is 4.57 Å². The molecule has 0 fully saturated rings. The summed E-state index contributed by atoms with van der Waals surface area (Å²) < 4.78 is 1.81. The predicted molar refractivity (Wildman–Crippen MR) is 73.0 cm³/mol. The van der Waals surface area contributed by atoms with E-state index in [1.54, 1.807) is 10.6 Å². The van der Waals surface area contributed by atoms with Gasteiger partial charge in [-0.05, 0) is 37.7 Å². The van der Waals surface area contributed by atoms with E-state index >= 15 is 0 Å². The maximum Gasteiger partial charge on any atom is 0.280 e. The number of ketones is 1. The van der Waals surface area contributed by atoms with E-state index in [9.17, 15) is 14.9 Å². The number of carbonyl (C=O) groups is 1. The van der Waals surface area contributed by atoms with Crippen molar-refractivity contribution in [3.8, 4) is 0 Å². The van der Waals surface area contributed by atoms with Gasteiger partial charge in [0.05, 0.1) is 10.5 Å². The number of nitrogens with zero attached hydrogens (tertiary/aromatic N) is 4. The van der Waals surface area contributed by atoms with Gasteiger partial charge in [0.1, 0.15) is 5.82 Å². The quantitative estimate of drug-likeness (QED) is 0.488. The Morgan fingerprint density at radius 3 is 2.60 bits per heavy atom. The molecule has 0 aliphatic carbocycles. The third-order valence-electron chi connectivity index (χ3n) is 2.81. The Bertz CT molecular complexity index is 696. The maximum atomic E-state index is 11.5. The highest BCUT2D eigenvalue weighted by molar-refractivity contribution is 7.99. The first-order valence-electron chi connectivity index (χ1n) is 5.73. The number of hydrogen-bond donors (Lipinski definition) is 0. The van der Waals surface area contributed by atoms with E-state index in [-0.39, 0.29) is 17.0 Å². The number of carbonyl (C=O) groups excluding carboxylic acids is 1. The first kappa shape index (κ1) is 14.2. The van der Waals surface area contributed by atoms with Crippen LogP contribution in [0.2, 0.25) is 0 Å². The molecule has 7 nitrogen and oxygen atoms in total. The highest BCUT2D eigenvalue weighted by atomic mass is 32.2. The molecule has 0 aliphatic rings. The summed E-state index contributed by atoms with van der Waals surface area (Å²) in [6, 6.07) is 4.44. The van der Waals surface area contributed by atoms with Crippen LogP contribution in [-0.2, 0) is 7.05 Å². The van der Waals surface area contributed by atoms with Gasteiger partial charge in [0.2, 0.25) is 0 Å². The molecule has 0 saturated carbocycles. The zero-order chi connectivity index (χ0) is 14.9. The van der Waals surface area contributed by atoms with Crippen LogP contribution in [0.15, 0.2) is 28.3 Å².